The Labute approximate surface area is 118 Å². The molecule has 0 aliphatic heterocycles. The number of imidazole rings is 1. The van der Waals surface area contributed by atoms with Crippen molar-refractivity contribution in [2.45, 2.75) is 27.4 Å². The first-order valence-corrected chi connectivity index (χ1v) is 6.78. The Morgan fingerprint density at radius 3 is 2.70 bits per heavy atom. The number of aromatic nitrogens is 2. The molecule has 2 aromatic carbocycles. The van der Waals surface area contributed by atoms with Gasteiger partial charge in [-0.3, -0.25) is 0 Å². The van der Waals surface area contributed by atoms with Gasteiger partial charge in [-0.25, -0.2) is 4.98 Å². The van der Waals surface area contributed by atoms with E-state index in [1.807, 2.05) is 12.1 Å². The summed E-state index contributed by atoms with van der Waals surface area (Å²) < 4.78 is 5.88. The number of benzene rings is 2. The van der Waals surface area contributed by atoms with E-state index in [4.69, 9.17) is 4.74 Å². The van der Waals surface area contributed by atoms with Gasteiger partial charge in [0.2, 0.25) is 0 Å². The number of nitrogens with one attached hydrogen (secondary N) is 1. The van der Waals surface area contributed by atoms with Crippen molar-refractivity contribution in [3.8, 4) is 5.75 Å². The molecule has 1 N–H and O–H groups in total. The van der Waals surface area contributed by atoms with Crippen LogP contribution in [0.5, 0.6) is 5.75 Å². The van der Waals surface area contributed by atoms with E-state index in [9.17, 15) is 0 Å². The van der Waals surface area contributed by atoms with Gasteiger partial charge in [0.15, 0.2) is 0 Å². The average molecular weight is 266 g/mol. The van der Waals surface area contributed by atoms with Crippen molar-refractivity contribution < 1.29 is 4.74 Å². The number of fused-ring (bicyclic) bond motifs is 1. The molecule has 0 bridgehead atoms. The van der Waals surface area contributed by atoms with Crippen LogP contribution in [0.3, 0.4) is 0 Å². The fourth-order valence-electron chi connectivity index (χ4n) is 2.30. The summed E-state index contributed by atoms with van der Waals surface area (Å²) in [5.41, 5.74) is 5.60. The van der Waals surface area contributed by atoms with Gasteiger partial charge in [-0.1, -0.05) is 24.3 Å². The van der Waals surface area contributed by atoms with Gasteiger partial charge in [0.1, 0.15) is 18.2 Å². The Morgan fingerprint density at radius 1 is 1.05 bits per heavy atom. The van der Waals surface area contributed by atoms with Crippen LogP contribution in [0.1, 0.15) is 22.5 Å². The Hall–Kier alpha value is -2.29. The topological polar surface area (TPSA) is 37.9 Å². The van der Waals surface area contributed by atoms with Crippen LogP contribution in [0.2, 0.25) is 0 Å². The molecule has 0 atom stereocenters. The van der Waals surface area contributed by atoms with E-state index in [2.05, 4.69) is 55.0 Å². The fourth-order valence-corrected chi connectivity index (χ4v) is 2.30. The van der Waals surface area contributed by atoms with Crippen LogP contribution < -0.4 is 4.74 Å². The number of ether oxygens (including phenoxy) is 1. The molecule has 3 aromatic rings. The summed E-state index contributed by atoms with van der Waals surface area (Å²) >= 11 is 0. The number of hydrogen-bond acceptors (Lipinski definition) is 2. The van der Waals surface area contributed by atoms with E-state index in [1.165, 1.54) is 11.1 Å². The highest BCUT2D eigenvalue weighted by atomic mass is 16.5. The van der Waals surface area contributed by atoms with Gasteiger partial charge in [0.25, 0.3) is 0 Å². The highest BCUT2D eigenvalue weighted by Gasteiger charge is 2.06. The van der Waals surface area contributed by atoms with Crippen molar-refractivity contribution >= 4 is 11.0 Å². The lowest BCUT2D eigenvalue weighted by Gasteiger charge is -2.08. The number of aryl methyl sites for hydroxylation is 3. The number of nitrogens with zero attached hydrogens (tertiary/aromatic N) is 1. The molecule has 1 aromatic heterocycles. The maximum absolute atomic E-state index is 5.88. The predicted octanol–water partition coefficient (Wildman–Crippen LogP) is 4.07. The maximum Gasteiger partial charge on any atom is 0.146 e. The average Bonchev–Trinajstić information content (AvgIpc) is 2.84. The third kappa shape index (κ3) is 2.39. The predicted molar refractivity (Wildman–Crippen MR) is 81.1 cm³/mol. The second-order valence-electron chi connectivity index (χ2n) is 5.21. The van der Waals surface area contributed by atoms with Crippen LogP contribution in [0.4, 0.5) is 0 Å². The highest BCUT2D eigenvalue weighted by molar-refractivity contribution is 5.78. The number of para-hydroxylation sites is 1. The van der Waals surface area contributed by atoms with Gasteiger partial charge < -0.3 is 9.72 Å². The zero-order valence-corrected chi connectivity index (χ0v) is 12.0. The highest BCUT2D eigenvalue weighted by Crippen LogP contribution is 2.21. The number of hydrogen-bond donors (Lipinski definition) is 1. The van der Waals surface area contributed by atoms with Crippen LogP contribution >= 0.6 is 0 Å². The molecule has 1 heterocycles. The van der Waals surface area contributed by atoms with Gasteiger partial charge in [-0.05, 0) is 49.6 Å². The Bertz CT molecular complexity index is 759. The molecular weight excluding hydrogens is 248 g/mol. The number of rotatable bonds is 3. The molecule has 0 fully saturated rings. The van der Waals surface area contributed by atoms with Crippen molar-refractivity contribution in [1.29, 1.82) is 0 Å². The first-order chi connectivity index (χ1) is 9.63. The first-order valence-electron chi connectivity index (χ1n) is 6.78. The molecule has 3 heteroatoms. The monoisotopic (exact) mass is 266 g/mol. The van der Waals surface area contributed by atoms with E-state index < -0.39 is 0 Å². The molecule has 0 radical (unpaired) electrons. The molecule has 0 aliphatic carbocycles. The summed E-state index contributed by atoms with van der Waals surface area (Å²) in [6.07, 6.45) is 0. The summed E-state index contributed by atoms with van der Waals surface area (Å²) in [6, 6.07) is 12.4. The molecule has 0 amide bonds. The maximum atomic E-state index is 5.88. The SMILES string of the molecule is Cc1ccc(C)c(OCc2nc3c(C)cccc3[nH]2)c1. The van der Waals surface area contributed by atoms with Crippen LogP contribution in [0.15, 0.2) is 36.4 Å². The van der Waals surface area contributed by atoms with E-state index >= 15 is 0 Å². The Balaban J connectivity index is 1.83. The minimum atomic E-state index is 0.457. The molecule has 20 heavy (non-hydrogen) atoms. The zero-order valence-electron chi connectivity index (χ0n) is 12.0. The molecule has 0 unspecified atom stereocenters. The second kappa shape index (κ2) is 5.00. The quantitative estimate of drug-likeness (QED) is 0.776. The minimum absolute atomic E-state index is 0.457. The normalized spacial score (nSPS) is 10.9. The van der Waals surface area contributed by atoms with Gasteiger partial charge in [0, 0.05) is 0 Å². The molecule has 3 rings (SSSR count). The number of aromatic amines is 1. The molecule has 0 aliphatic rings. The minimum Gasteiger partial charge on any atom is -0.485 e. The molecule has 0 saturated carbocycles. The van der Waals surface area contributed by atoms with Crippen LogP contribution in [0, 0.1) is 20.8 Å². The smallest absolute Gasteiger partial charge is 0.146 e. The van der Waals surface area contributed by atoms with Crippen LogP contribution in [-0.4, -0.2) is 9.97 Å². The largest absolute Gasteiger partial charge is 0.485 e. The Morgan fingerprint density at radius 2 is 1.90 bits per heavy atom. The summed E-state index contributed by atoms with van der Waals surface area (Å²) in [5.74, 6) is 1.78. The molecule has 3 nitrogen and oxygen atoms in total. The van der Waals surface area contributed by atoms with Crippen molar-refractivity contribution in [2.24, 2.45) is 0 Å². The molecule has 102 valence electrons. The van der Waals surface area contributed by atoms with E-state index in [1.54, 1.807) is 0 Å². The third-order valence-electron chi connectivity index (χ3n) is 3.47. The van der Waals surface area contributed by atoms with Crippen LogP contribution in [0.25, 0.3) is 11.0 Å². The molecule has 0 spiro atoms. The van der Waals surface area contributed by atoms with Crippen molar-refractivity contribution in [3.05, 3.63) is 58.9 Å². The summed E-state index contributed by atoms with van der Waals surface area (Å²) in [4.78, 5) is 7.90. The second-order valence-corrected chi connectivity index (χ2v) is 5.21. The Kier molecular flexibility index (Phi) is 3.18. The lowest BCUT2D eigenvalue weighted by Crippen LogP contribution is -1.99. The van der Waals surface area contributed by atoms with E-state index in [0.29, 0.717) is 6.61 Å². The fraction of sp³-hybridized carbons (Fsp3) is 0.235. The zero-order chi connectivity index (χ0) is 14.1. The van der Waals surface area contributed by atoms with Gasteiger partial charge in [-0.2, -0.15) is 0 Å². The van der Waals surface area contributed by atoms with Gasteiger partial charge in [-0.15, -0.1) is 0 Å². The summed E-state index contributed by atoms with van der Waals surface area (Å²) in [5, 5.41) is 0. The first kappa shape index (κ1) is 12.7. The third-order valence-corrected chi connectivity index (χ3v) is 3.47. The molecule has 0 saturated heterocycles. The lowest BCUT2D eigenvalue weighted by atomic mass is 10.1. The molecular formula is C17H18N2O. The number of H-pyrrole nitrogens is 1. The lowest BCUT2D eigenvalue weighted by molar-refractivity contribution is 0.295. The van der Waals surface area contributed by atoms with Crippen molar-refractivity contribution in [1.82, 2.24) is 9.97 Å². The standard InChI is InChI=1S/C17H18N2O/c1-11-7-8-12(2)15(9-11)20-10-16-18-14-6-4-5-13(3)17(14)19-16/h4-9H,10H2,1-3H3,(H,18,19). The summed E-state index contributed by atoms with van der Waals surface area (Å²) in [7, 11) is 0. The van der Waals surface area contributed by atoms with Gasteiger partial charge in [0.05, 0.1) is 11.0 Å². The van der Waals surface area contributed by atoms with Crippen LogP contribution in [-0.2, 0) is 6.61 Å². The van der Waals surface area contributed by atoms with Crippen molar-refractivity contribution in [3.63, 3.8) is 0 Å². The van der Waals surface area contributed by atoms with Crippen molar-refractivity contribution in [2.75, 3.05) is 0 Å². The van der Waals surface area contributed by atoms with E-state index in [-0.39, 0.29) is 0 Å². The van der Waals surface area contributed by atoms with E-state index in [0.717, 1.165) is 28.2 Å². The summed E-state index contributed by atoms with van der Waals surface area (Å²) in [6.45, 7) is 6.64. The van der Waals surface area contributed by atoms with Gasteiger partial charge >= 0.3 is 0 Å².